The van der Waals surface area contributed by atoms with Gasteiger partial charge in [-0.3, -0.25) is 9.59 Å². The summed E-state index contributed by atoms with van der Waals surface area (Å²) in [5.74, 6) is 0.928. The van der Waals surface area contributed by atoms with E-state index in [9.17, 15) is 14.4 Å². The van der Waals surface area contributed by atoms with E-state index in [2.05, 4.69) is 45.7 Å². The minimum absolute atomic E-state index is 0.0983. The fourth-order valence-corrected chi connectivity index (χ4v) is 4.81. The molecule has 0 aliphatic heterocycles. The van der Waals surface area contributed by atoms with Gasteiger partial charge in [0.15, 0.2) is 18.2 Å². The van der Waals surface area contributed by atoms with Gasteiger partial charge in [0.1, 0.15) is 11.5 Å². The number of carbonyl (C=O) groups excluding carboxylic acids is 3. The molecule has 0 atom stereocenters. The number of hydrogen-bond acceptors (Lipinski definition) is 6. The average molecular weight is 747 g/mol. The topological polar surface area (TPSA) is 78.9 Å². The molecule has 0 spiro atoms. The SMILES string of the molecule is CCCCCCCOc1ccc(C(=O)CBr)cc1.CCCCCCCOc1ccc(C(=O)COC(=O)c2ccc(Br)cc2)cc1. The molecule has 3 aromatic rings. The minimum Gasteiger partial charge on any atom is -0.494 e. The van der Waals surface area contributed by atoms with E-state index in [0.717, 1.165) is 41.0 Å². The molecule has 0 bridgehead atoms. The summed E-state index contributed by atoms with van der Waals surface area (Å²) in [6.45, 7) is 5.57. The Morgan fingerprint density at radius 3 is 1.42 bits per heavy atom. The predicted octanol–water partition coefficient (Wildman–Crippen LogP) is 10.5. The van der Waals surface area contributed by atoms with Crippen LogP contribution in [0.25, 0.3) is 0 Å². The van der Waals surface area contributed by atoms with Crippen LogP contribution in [0.4, 0.5) is 0 Å². The van der Waals surface area contributed by atoms with Gasteiger partial charge in [-0.1, -0.05) is 97.1 Å². The number of ketones is 2. The summed E-state index contributed by atoms with van der Waals surface area (Å²) in [5.41, 5.74) is 1.63. The monoisotopic (exact) mass is 744 g/mol. The zero-order chi connectivity index (χ0) is 32.7. The molecule has 244 valence electrons. The molecule has 0 unspecified atom stereocenters. The lowest BCUT2D eigenvalue weighted by Gasteiger charge is -2.08. The van der Waals surface area contributed by atoms with Crippen LogP contribution < -0.4 is 9.47 Å². The van der Waals surface area contributed by atoms with Crippen LogP contribution in [0.3, 0.4) is 0 Å². The fourth-order valence-electron chi connectivity index (χ4n) is 4.23. The third kappa shape index (κ3) is 16.2. The molecule has 0 N–H and O–H groups in total. The summed E-state index contributed by atoms with van der Waals surface area (Å²) in [5, 5.41) is 0.366. The first kappa shape index (κ1) is 38.2. The molecule has 0 aromatic heterocycles. The molecular weight excluding hydrogens is 700 g/mol. The Morgan fingerprint density at radius 2 is 0.978 bits per heavy atom. The molecule has 0 saturated carbocycles. The highest BCUT2D eigenvalue weighted by Crippen LogP contribution is 2.16. The molecule has 0 heterocycles. The number of ether oxygens (including phenoxy) is 3. The first-order chi connectivity index (χ1) is 21.9. The quantitative estimate of drug-likeness (QED) is 0.0496. The van der Waals surface area contributed by atoms with E-state index in [-0.39, 0.29) is 18.2 Å². The van der Waals surface area contributed by atoms with E-state index in [1.807, 2.05) is 24.3 Å². The molecule has 3 rings (SSSR count). The smallest absolute Gasteiger partial charge is 0.338 e. The summed E-state index contributed by atoms with van der Waals surface area (Å²) in [6, 6.07) is 21.1. The minimum atomic E-state index is -0.515. The number of hydrogen-bond donors (Lipinski definition) is 0. The fraction of sp³-hybridized carbons (Fsp3) is 0.432. The van der Waals surface area contributed by atoms with Gasteiger partial charge in [-0.25, -0.2) is 4.79 Å². The summed E-state index contributed by atoms with van der Waals surface area (Å²) in [6.07, 6.45) is 12.1. The van der Waals surface area contributed by atoms with Gasteiger partial charge in [0.2, 0.25) is 0 Å². The molecule has 6 nitrogen and oxygen atoms in total. The molecule has 0 saturated heterocycles. The summed E-state index contributed by atoms with van der Waals surface area (Å²) in [4.78, 5) is 35.5. The lowest BCUT2D eigenvalue weighted by molar-refractivity contribution is 0.0474. The Morgan fingerprint density at radius 1 is 0.556 bits per heavy atom. The van der Waals surface area contributed by atoms with E-state index in [4.69, 9.17) is 14.2 Å². The summed E-state index contributed by atoms with van der Waals surface area (Å²) < 4.78 is 17.3. The molecule has 0 radical (unpaired) electrons. The number of carbonyl (C=O) groups is 3. The van der Waals surface area contributed by atoms with Crippen molar-refractivity contribution in [3.63, 3.8) is 0 Å². The number of benzene rings is 3. The lowest BCUT2D eigenvalue weighted by Crippen LogP contribution is -2.14. The normalized spacial score (nSPS) is 10.4. The molecule has 0 amide bonds. The van der Waals surface area contributed by atoms with Gasteiger partial charge in [0.25, 0.3) is 0 Å². The van der Waals surface area contributed by atoms with Crippen molar-refractivity contribution >= 4 is 49.4 Å². The highest BCUT2D eigenvalue weighted by atomic mass is 79.9. The van der Waals surface area contributed by atoms with E-state index in [1.54, 1.807) is 48.5 Å². The largest absolute Gasteiger partial charge is 0.494 e. The Labute approximate surface area is 285 Å². The van der Waals surface area contributed by atoms with Crippen molar-refractivity contribution in [2.75, 3.05) is 25.2 Å². The van der Waals surface area contributed by atoms with Crippen LogP contribution in [0.5, 0.6) is 11.5 Å². The first-order valence-electron chi connectivity index (χ1n) is 15.9. The highest BCUT2D eigenvalue weighted by molar-refractivity contribution is 9.10. The van der Waals surface area contributed by atoms with Crippen molar-refractivity contribution in [1.82, 2.24) is 0 Å². The second-order valence-corrected chi connectivity index (χ2v) is 12.1. The molecule has 45 heavy (non-hydrogen) atoms. The van der Waals surface area contributed by atoms with Gasteiger partial charge in [-0.15, -0.1) is 0 Å². The first-order valence-corrected chi connectivity index (χ1v) is 17.8. The molecule has 0 fully saturated rings. The third-order valence-corrected chi connectivity index (χ3v) is 7.96. The van der Waals surface area contributed by atoms with E-state index < -0.39 is 5.97 Å². The molecule has 0 aliphatic carbocycles. The maximum absolute atomic E-state index is 12.2. The van der Waals surface area contributed by atoms with Gasteiger partial charge in [0, 0.05) is 15.6 Å². The Kier molecular flexibility index (Phi) is 19.9. The van der Waals surface area contributed by atoms with E-state index in [1.165, 1.54) is 51.4 Å². The number of alkyl halides is 1. The maximum Gasteiger partial charge on any atom is 0.338 e. The predicted molar refractivity (Wildman–Crippen MR) is 188 cm³/mol. The molecule has 3 aromatic carbocycles. The number of Topliss-reactive ketones (excluding diaryl/α,β-unsaturated/α-hetero) is 2. The van der Waals surface area contributed by atoms with Crippen LogP contribution in [-0.4, -0.2) is 42.7 Å². The standard InChI is InChI=1S/C22H25BrO4.C15H21BrO2/c1-2-3-4-5-6-15-26-20-13-9-17(10-14-20)21(24)16-27-22(25)18-7-11-19(23)12-8-18;1-2-3-4-5-6-11-18-14-9-7-13(8-10-14)15(17)12-16/h7-14H,2-6,15-16H2,1H3;7-10H,2-6,11-12H2,1H3. The van der Waals surface area contributed by atoms with Crippen LogP contribution >= 0.6 is 31.9 Å². The van der Waals surface area contributed by atoms with Crippen LogP contribution in [0.1, 0.15) is 109 Å². The number of esters is 1. The van der Waals surface area contributed by atoms with Gasteiger partial charge in [-0.05, 0) is 85.6 Å². The molecular formula is C37H46Br2O6. The van der Waals surface area contributed by atoms with Crippen molar-refractivity contribution in [2.45, 2.75) is 78.1 Å². The van der Waals surface area contributed by atoms with Gasteiger partial charge < -0.3 is 14.2 Å². The van der Waals surface area contributed by atoms with Crippen molar-refractivity contribution in [3.05, 3.63) is 94.0 Å². The summed E-state index contributed by atoms with van der Waals surface area (Å²) >= 11 is 6.47. The Hall–Kier alpha value is -2.97. The maximum atomic E-state index is 12.2. The summed E-state index contributed by atoms with van der Waals surface area (Å²) in [7, 11) is 0. The number of rotatable bonds is 20. The second kappa shape index (κ2) is 23.4. The van der Waals surface area contributed by atoms with Gasteiger partial charge in [0.05, 0.1) is 24.1 Å². The highest BCUT2D eigenvalue weighted by Gasteiger charge is 2.12. The van der Waals surface area contributed by atoms with E-state index in [0.29, 0.717) is 23.1 Å². The van der Waals surface area contributed by atoms with Crippen LogP contribution in [-0.2, 0) is 4.74 Å². The van der Waals surface area contributed by atoms with Crippen LogP contribution in [0, 0.1) is 0 Å². The van der Waals surface area contributed by atoms with E-state index >= 15 is 0 Å². The zero-order valence-corrected chi connectivity index (χ0v) is 29.7. The van der Waals surface area contributed by atoms with Crippen molar-refractivity contribution in [3.8, 4) is 11.5 Å². The van der Waals surface area contributed by atoms with Crippen molar-refractivity contribution < 1.29 is 28.6 Å². The van der Waals surface area contributed by atoms with Crippen LogP contribution in [0.2, 0.25) is 0 Å². The second-order valence-electron chi connectivity index (χ2n) is 10.6. The zero-order valence-electron chi connectivity index (χ0n) is 26.5. The van der Waals surface area contributed by atoms with Crippen LogP contribution in [0.15, 0.2) is 77.3 Å². The Bertz CT molecular complexity index is 1260. The lowest BCUT2D eigenvalue weighted by atomic mass is 10.1. The molecule has 0 aliphatic rings. The van der Waals surface area contributed by atoms with Gasteiger partial charge >= 0.3 is 5.97 Å². The molecule has 8 heteroatoms. The number of unbranched alkanes of at least 4 members (excludes halogenated alkanes) is 8. The van der Waals surface area contributed by atoms with Gasteiger partial charge in [-0.2, -0.15) is 0 Å². The Balaban J connectivity index is 0.000000341. The van der Waals surface area contributed by atoms with Crippen molar-refractivity contribution in [1.29, 1.82) is 0 Å². The third-order valence-electron chi connectivity index (χ3n) is 6.92. The average Bonchev–Trinajstić information content (AvgIpc) is 3.07. The number of halogens is 2. The van der Waals surface area contributed by atoms with Crippen molar-refractivity contribution in [2.24, 2.45) is 0 Å².